The topological polar surface area (TPSA) is 52.9 Å². The van der Waals surface area contributed by atoms with Crippen molar-refractivity contribution < 1.29 is 4.79 Å². The van der Waals surface area contributed by atoms with Crippen molar-refractivity contribution in [1.29, 1.82) is 5.26 Å². The van der Waals surface area contributed by atoms with Gasteiger partial charge >= 0.3 is 0 Å². The van der Waals surface area contributed by atoms with Gasteiger partial charge in [-0.25, -0.2) is 0 Å². The first kappa shape index (κ1) is 13.8. The van der Waals surface area contributed by atoms with Crippen LogP contribution in [0.3, 0.4) is 0 Å². The highest BCUT2D eigenvalue weighted by Gasteiger charge is 2.13. The van der Waals surface area contributed by atoms with E-state index in [1.807, 2.05) is 43.3 Å². The summed E-state index contributed by atoms with van der Waals surface area (Å²) >= 11 is 0. The number of fused-ring (bicyclic) bond motifs is 1. The van der Waals surface area contributed by atoms with E-state index in [0.29, 0.717) is 16.8 Å². The Kier molecular flexibility index (Phi) is 3.59. The van der Waals surface area contributed by atoms with Crippen LogP contribution < -0.4 is 5.32 Å². The number of carbonyl (C=O) groups excluding carboxylic acids is 1. The van der Waals surface area contributed by atoms with E-state index in [0.717, 1.165) is 16.3 Å². The molecule has 0 saturated carbocycles. The molecule has 3 aromatic rings. The molecule has 1 N–H and O–H groups in total. The first-order valence-corrected chi connectivity index (χ1v) is 6.99. The molecule has 0 aliphatic carbocycles. The summed E-state index contributed by atoms with van der Waals surface area (Å²) in [5, 5.41) is 13.7. The molecule has 0 aliphatic rings. The first-order valence-electron chi connectivity index (χ1n) is 6.99. The minimum Gasteiger partial charge on any atom is -0.322 e. The highest BCUT2D eigenvalue weighted by molar-refractivity contribution is 6.14. The van der Waals surface area contributed by atoms with E-state index in [1.54, 1.807) is 24.3 Å². The average Bonchev–Trinajstić information content (AvgIpc) is 2.55. The lowest BCUT2D eigenvalue weighted by molar-refractivity contribution is 0.102. The van der Waals surface area contributed by atoms with E-state index in [9.17, 15) is 4.79 Å². The molecular formula is C19H14N2O. The third kappa shape index (κ3) is 2.55. The molecule has 0 atom stereocenters. The van der Waals surface area contributed by atoms with Crippen molar-refractivity contribution in [3.05, 3.63) is 77.4 Å². The zero-order chi connectivity index (χ0) is 15.5. The van der Waals surface area contributed by atoms with Gasteiger partial charge in [-0.2, -0.15) is 5.26 Å². The van der Waals surface area contributed by atoms with Gasteiger partial charge in [-0.05, 0) is 47.5 Å². The molecule has 3 heteroatoms. The molecule has 0 radical (unpaired) electrons. The SMILES string of the molecule is Cc1ccc2ccccc2c1C(=O)Nc1ccc(C#N)cc1. The van der Waals surface area contributed by atoms with Gasteiger partial charge in [0.1, 0.15) is 0 Å². The van der Waals surface area contributed by atoms with Gasteiger partial charge in [0.2, 0.25) is 0 Å². The fourth-order valence-electron chi connectivity index (χ4n) is 2.50. The Morgan fingerprint density at radius 1 is 1.00 bits per heavy atom. The summed E-state index contributed by atoms with van der Waals surface area (Å²) in [5.74, 6) is -0.140. The lowest BCUT2D eigenvalue weighted by Gasteiger charge is -2.11. The van der Waals surface area contributed by atoms with Crippen LogP contribution in [0.5, 0.6) is 0 Å². The Morgan fingerprint density at radius 3 is 2.45 bits per heavy atom. The summed E-state index contributed by atoms with van der Waals surface area (Å²) in [5.41, 5.74) is 2.86. The van der Waals surface area contributed by atoms with Crippen molar-refractivity contribution in [1.82, 2.24) is 0 Å². The van der Waals surface area contributed by atoms with Crippen LogP contribution >= 0.6 is 0 Å². The quantitative estimate of drug-likeness (QED) is 0.764. The zero-order valence-electron chi connectivity index (χ0n) is 12.1. The standard InChI is InChI=1S/C19H14N2O/c1-13-6-9-15-4-2-3-5-17(15)18(13)19(22)21-16-10-7-14(12-20)8-11-16/h2-11H,1H3,(H,21,22). The van der Waals surface area contributed by atoms with Crippen LogP contribution in [0.15, 0.2) is 60.7 Å². The molecule has 106 valence electrons. The van der Waals surface area contributed by atoms with Crippen molar-refractivity contribution in [2.24, 2.45) is 0 Å². The zero-order valence-corrected chi connectivity index (χ0v) is 12.1. The molecule has 0 spiro atoms. The fraction of sp³-hybridized carbons (Fsp3) is 0.0526. The Labute approximate surface area is 128 Å². The lowest BCUT2D eigenvalue weighted by atomic mass is 9.99. The van der Waals surface area contributed by atoms with E-state index < -0.39 is 0 Å². The van der Waals surface area contributed by atoms with Gasteiger partial charge in [0.05, 0.1) is 17.2 Å². The Hall–Kier alpha value is -3.12. The van der Waals surface area contributed by atoms with Crippen LogP contribution in [0.2, 0.25) is 0 Å². The third-order valence-electron chi connectivity index (χ3n) is 3.64. The van der Waals surface area contributed by atoms with E-state index in [4.69, 9.17) is 5.26 Å². The maximum Gasteiger partial charge on any atom is 0.256 e. The summed E-state index contributed by atoms with van der Waals surface area (Å²) in [7, 11) is 0. The van der Waals surface area contributed by atoms with Crippen molar-refractivity contribution in [3.8, 4) is 6.07 Å². The number of rotatable bonds is 2. The summed E-state index contributed by atoms with van der Waals surface area (Å²) in [6, 6.07) is 20.7. The number of nitrogens with one attached hydrogen (secondary N) is 1. The van der Waals surface area contributed by atoms with E-state index in [1.165, 1.54) is 0 Å². The smallest absolute Gasteiger partial charge is 0.256 e. The highest BCUT2D eigenvalue weighted by atomic mass is 16.1. The molecule has 3 rings (SSSR count). The summed E-state index contributed by atoms with van der Waals surface area (Å²) in [6.45, 7) is 1.93. The lowest BCUT2D eigenvalue weighted by Crippen LogP contribution is -2.14. The maximum atomic E-state index is 12.6. The van der Waals surface area contributed by atoms with Crippen molar-refractivity contribution >= 4 is 22.4 Å². The predicted molar refractivity (Wildman–Crippen MR) is 87.8 cm³/mol. The number of nitriles is 1. The molecule has 22 heavy (non-hydrogen) atoms. The van der Waals surface area contributed by atoms with Gasteiger partial charge in [0.25, 0.3) is 5.91 Å². The van der Waals surface area contributed by atoms with Gasteiger partial charge in [0, 0.05) is 5.69 Å². The van der Waals surface area contributed by atoms with Gasteiger partial charge in [0.15, 0.2) is 0 Å². The van der Waals surface area contributed by atoms with E-state index >= 15 is 0 Å². The van der Waals surface area contributed by atoms with Gasteiger partial charge in [-0.1, -0.05) is 36.4 Å². The molecular weight excluding hydrogens is 272 g/mol. The third-order valence-corrected chi connectivity index (χ3v) is 3.64. The molecule has 3 nitrogen and oxygen atoms in total. The summed E-state index contributed by atoms with van der Waals surface area (Å²) in [4.78, 5) is 12.6. The molecule has 0 heterocycles. The number of amides is 1. The van der Waals surface area contributed by atoms with Gasteiger partial charge in [-0.3, -0.25) is 4.79 Å². The normalized spacial score (nSPS) is 10.2. The molecule has 1 amide bonds. The van der Waals surface area contributed by atoms with Crippen LogP contribution in [0.4, 0.5) is 5.69 Å². The Balaban J connectivity index is 1.98. The molecule has 0 unspecified atom stereocenters. The first-order chi connectivity index (χ1) is 10.7. The second-order valence-corrected chi connectivity index (χ2v) is 5.12. The minimum absolute atomic E-state index is 0.140. The van der Waals surface area contributed by atoms with Crippen molar-refractivity contribution in [2.45, 2.75) is 6.92 Å². The second-order valence-electron chi connectivity index (χ2n) is 5.12. The molecule has 0 saturated heterocycles. The summed E-state index contributed by atoms with van der Waals surface area (Å²) in [6.07, 6.45) is 0. The summed E-state index contributed by atoms with van der Waals surface area (Å²) < 4.78 is 0. The highest BCUT2D eigenvalue weighted by Crippen LogP contribution is 2.23. The van der Waals surface area contributed by atoms with Crippen LogP contribution in [-0.2, 0) is 0 Å². The van der Waals surface area contributed by atoms with Crippen LogP contribution in [0.25, 0.3) is 10.8 Å². The largest absolute Gasteiger partial charge is 0.322 e. The Morgan fingerprint density at radius 2 is 1.73 bits per heavy atom. The van der Waals surface area contributed by atoms with Crippen molar-refractivity contribution in [2.75, 3.05) is 5.32 Å². The fourth-order valence-corrected chi connectivity index (χ4v) is 2.50. The van der Waals surface area contributed by atoms with Gasteiger partial charge in [-0.15, -0.1) is 0 Å². The molecule has 0 fully saturated rings. The average molecular weight is 286 g/mol. The molecule has 0 aromatic heterocycles. The number of carbonyl (C=O) groups is 1. The van der Waals surface area contributed by atoms with Crippen LogP contribution in [0, 0.1) is 18.3 Å². The van der Waals surface area contributed by atoms with Crippen LogP contribution in [0.1, 0.15) is 21.5 Å². The molecule has 0 aliphatic heterocycles. The number of anilines is 1. The van der Waals surface area contributed by atoms with Gasteiger partial charge < -0.3 is 5.32 Å². The number of benzene rings is 3. The molecule has 3 aromatic carbocycles. The van der Waals surface area contributed by atoms with Crippen molar-refractivity contribution in [3.63, 3.8) is 0 Å². The predicted octanol–water partition coefficient (Wildman–Crippen LogP) is 4.27. The monoisotopic (exact) mass is 286 g/mol. The number of hydrogen-bond donors (Lipinski definition) is 1. The van der Waals surface area contributed by atoms with Crippen LogP contribution in [-0.4, -0.2) is 5.91 Å². The van der Waals surface area contributed by atoms with E-state index in [-0.39, 0.29) is 5.91 Å². The number of aryl methyl sites for hydroxylation is 1. The minimum atomic E-state index is -0.140. The second kappa shape index (κ2) is 5.71. The Bertz CT molecular complexity index is 889. The maximum absolute atomic E-state index is 12.6. The van der Waals surface area contributed by atoms with E-state index in [2.05, 4.69) is 11.4 Å². The number of nitrogens with zero attached hydrogens (tertiary/aromatic N) is 1. The number of hydrogen-bond acceptors (Lipinski definition) is 2. The molecule has 0 bridgehead atoms.